The van der Waals surface area contributed by atoms with Gasteiger partial charge in [0.25, 0.3) is 0 Å². The molecule has 0 aliphatic carbocycles. The Bertz CT molecular complexity index is 234. The van der Waals surface area contributed by atoms with Crippen molar-refractivity contribution in [3.63, 3.8) is 0 Å². The maximum absolute atomic E-state index is 5.67. The van der Waals surface area contributed by atoms with E-state index in [2.05, 4.69) is 14.1 Å². The molecule has 1 aromatic rings. The summed E-state index contributed by atoms with van der Waals surface area (Å²) in [5.41, 5.74) is 0.940. The van der Waals surface area contributed by atoms with E-state index < -0.39 is 0 Å². The van der Waals surface area contributed by atoms with Crippen LogP contribution in [-0.2, 0) is 11.3 Å². The smallest absolute Gasteiger partial charge is 0.1000 e. The van der Waals surface area contributed by atoms with Gasteiger partial charge in [0.1, 0.15) is 0 Å². The molecule has 1 aliphatic rings. The Morgan fingerprint density at radius 3 is 3.38 bits per heavy atom. The summed E-state index contributed by atoms with van der Waals surface area (Å²) in [5, 5.41) is 3.31. The average molecular weight is 199 g/mol. The van der Waals surface area contributed by atoms with E-state index in [0.717, 1.165) is 25.2 Å². The molecule has 0 radical (unpaired) electrons. The fraction of sp³-hybridized carbons (Fsp3) is 0.750. The first-order valence-electron chi connectivity index (χ1n) is 4.54. The number of ether oxygens (including phenoxy) is 1. The van der Waals surface area contributed by atoms with Crippen molar-refractivity contribution in [1.82, 2.24) is 14.1 Å². The molecule has 1 saturated heterocycles. The maximum Gasteiger partial charge on any atom is 0.1000 e. The van der Waals surface area contributed by atoms with E-state index in [4.69, 9.17) is 4.74 Å². The van der Waals surface area contributed by atoms with E-state index in [-0.39, 0.29) is 0 Å². The van der Waals surface area contributed by atoms with Crippen molar-refractivity contribution in [2.45, 2.75) is 25.6 Å². The van der Waals surface area contributed by atoms with Crippen molar-refractivity contribution in [1.29, 1.82) is 0 Å². The van der Waals surface area contributed by atoms with Crippen molar-refractivity contribution < 1.29 is 4.74 Å². The lowest BCUT2D eigenvalue weighted by atomic mass is 10.1. The van der Waals surface area contributed by atoms with Gasteiger partial charge in [-0.3, -0.25) is 0 Å². The molecule has 5 heteroatoms. The molecule has 0 bridgehead atoms. The zero-order valence-electron chi connectivity index (χ0n) is 7.40. The number of hydrogen-bond acceptors (Lipinski definition) is 5. The molecular formula is C8H13N3OS. The van der Waals surface area contributed by atoms with Crippen LogP contribution in [-0.4, -0.2) is 27.9 Å². The van der Waals surface area contributed by atoms with Crippen LogP contribution in [0.25, 0.3) is 0 Å². The molecule has 72 valence electrons. The van der Waals surface area contributed by atoms with Crippen molar-refractivity contribution in [3.05, 3.63) is 11.9 Å². The van der Waals surface area contributed by atoms with E-state index in [1.165, 1.54) is 18.1 Å². The fourth-order valence-corrected chi connectivity index (χ4v) is 1.83. The molecule has 1 aliphatic heterocycles. The Labute approximate surface area is 81.6 Å². The number of aromatic nitrogens is 2. The molecule has 1 aromatic heterocycles. The highest BCUT2D eigenvalue weighted by atomic mass is 32.1. The summed E-state index contributed by atoms with van der Waals surface area (Å²) in [7, 11) is 0. The summed E-state index contributed by atoms with van der Waals surface area (Å²) in [6.07, 6.45) is 4.49. The van der Waals surface area contributed by atoms with Crippen LogP contribution in [0.1, 0.15) is 18.5 Å². The second-order valence-electron chi connectivity index (χ2n) is 3.18. The molecule has 4 nitrogen and oxygen atoms in total. The topological polar surface area (TPSA) is 47.0 Å². The third-order valence-corrected chi connectivity index (χ3v) is 2.64. The lowest BCUT2D eigenvalue weighted by Crippen LogP contribution is -2.35. The minimum absolute atomic E-state index is 0.357. The summed E-state index contributed by atoms with van der Waals surface area (Å²) in [6.45, 7) is 2.69. The van der Waals surface area contributed by atoms with Gasteiger partial charge in [-0.05, 0) is 19.4 Å². The highest BCUT2D eigenvalue weighted by molar-refractivity contribution is 6.99. The summed E-state index contributed by atoms with van der Waals surface area (Å²) in [5.74, 6) is 0. The second-order valence-corrected chi connectivity index (χ2v) is 3.73. The highest BCUT2D eigenvalue weighted by Gasteiger charge is 2.13. The van der Waals surface area contributed by atoms with E-state index in [0.29, 0.717) is 12.7 Å². The predicted molar refractivity (Wildman–Crippen MR) is 50.6 cm³/mol. The SMILES string of the molecule is c1nsnc1COC1CCCNC1. The normalized spacial score (nSPS) is 23.2. The Morgan fingerprint density at radius 1 is 1.69 bits per heavy atom. The van der Waals surface area contributed by atoms with Gasteiger partial charge in [-0.15, -0.1) is 0 Å². The number of nitrogens with zero attached hydrogens (tertiary/aromatic N) is 2. The molecule has 2 heterocycles. The first-order chi connectivity index (χ1) is 6.45. The fourth-order valence-electron chi connectivity index (χ4n) is 1.41. The number of piperidine rings is 1. The van der Waals surface area contributed by atoms with Crippen molar-refractivity contribution in [3.8, 4) is 0 Å². The third kappa shape index (κ3) is 2.72. The maximum atomic E-state index is 5.67. The van der Waals surface area contributed by atoms with Gasteiger partial charge in [-0.1, -0.05) is 0 Å². The van der Waals surface area contributed by atoms with Gasteiger partial charge in [-0.25, -0.2) is 0 Å². The molecule has 0 spiro atoms. The summed E-state index contributed by atoms with van der Waals surface area (Å²) < 4.78 is 13.7. The molecule has 13 heavy (non-hydrogen) atoms. The van der Waals surface area contributed by atoms with E-state index >= 15 is 0 Å². The van der Waals surface area contributed by atoms with E-state index in [9.17, 15) is 0 Å². The number of nitrogens with one attached hydrogen (secondary N) is 1. The summed E-state index contributed by atoms with van der Waals surface area (Å²) >= 11 is 1.23. The molecule has 1 atom stereocenters. The van der Waals surface area contributed by atoms with Crippen LogP contribution in [0.15, 0.2) is 6.20 Å². The van der Waals surface area contributed by atoms with Crippen LogP contribution >= 0.6 is 11.7 Å². The Balaban J connectivity index is 1.72. The molecule has 0 aromatic carbocycles. The van der Waals surface area contributed by atoms with Gasteiger partial charge in [0.05, 0.1) is 36.3 Å². The van der Waals surface area contributed by atoms with Gasteiger partial charge in [0, 0.05) is 6.54 Å². The van der Waals surface area contributed by atoms with Crippen LogP contribution in [0.4, 0.5) is 0 Å². The highest BCUT2D eigenvalue weighted by Crippen LogP contribution is 2.08. The minimum atomic E-state index is 0.357. The monoisotopic (exact) mass is 199 g/mol. The largest absolute Gasteiger partial charge is 0.371 e. The molecule has 2 rings (SSSR count). The van der Waals surface area contributed by atoms with Crippen molar-refractivity contribution >= 4 is 11.7 Å². The molecule has 1 fully saturated rings. The molecule has 1 N–H and O–H groups in total. The molecule has 0 saturated carbocycles. The van der Waals surface area contributed by atoms with Crippen molar-refractivity contribution in [2.75, 3.05) is 13.1 Å². The van der Waals surface area contributed by atoms with Gasteiger partial charge < -0.3 is 10.1 Å². The zero-order valence-corrected chi connectivity index (χ0v) is 8.22. The molecule has 0 amide bonds. The Morgan fingerprint density at radius 2 is 2.69 bits per heavy atom. The number of rotatable bonds is 3. The van der Waals surface area contributed by atoms with Crippen LogP contribution in [0.2, 0.25) is 0 Å². The lowest BCUT2D eigenvalue weighted by Gasteiger charge is -2.22. The minimum Gasteiger partial charge on any atom is -0.371 e. The summed E-state index contributed by atoms with van der Waals surface area (Å²) in [4.78, 5) is 0. The van der Waals surface area contributed by atoms with Gasteiger partial charge >= 0.3 is 0 Å². The van der Waals surface area contributed by atoms with Crippen LogP contribution in [0.3, 0.4) is 0 Å². The van der Waals surface area contributed by atoms with Crippen LogP contribution in [0, 0.1) is 0 Å². The zero-order chi connectivity index (χ0) is 8.93. The molecular weight excluding hydrogens is 186 g/mol. The molecule has 1 unspecified atom stereocenters. The Kier molecular flexibility index (Phi) is 3.23. The van der Waals surface area contributed by atoms with Crippen LogP contribution in [0.5, 0.6) is 0 Å². The predicted octanol–water partition coefficient (Wildman–Crippen LogP) is 0.807. The van der Waals surface area contributed by atoms with Gasteiger partial charge in [0.15, 0.2) is 0 Å². The van der Waals surface area contributed by atoms with Gasteiger partial charge in [-0.2, -0.15) is 8.75 Å². The lowest BCUT2D eigenvalue weighted by molar-refractivity contribution is 0.0239. The summed E-state index contributed by atoms with van der Waals surface area (Å²) in [6, 6.07) is 0. The van der Waals surface area contributed by atoms with Crippen molar-refractivity contribution in [2.24, 2.45) is 0 Å². The van der Waals surface area contributed by atoms with E-state index in [1.54, 1.807) is 6.20 Å². The second kappa shape index (κ2) is 4.64. The van der Waals surface area contributed by atoms with Gasteiger partial charge in [0.2, 0.25) is 0 Å². The van der Waals surface area contributed by atoms with Crippen LogP contribution < -0.4 is 5.32 Å². The third-order valence-electron chi connectivity index (χ3n) is 2.13. The Hall–Kier alpha value is -0.520. The van der Waals surface area contributed by atoms with E-state index in [1.807, 2.05) is 0 Å². The first-order valence-corrected chi connectivity index (χ1v) is 5.27. The number of hydrogen-bond donors (Lipinski definition) is 1. The average Bonchev–Trinajstić information content (AvgIpc) is 2.69. The quantitative estimate of drug-likeness (QED) is 0.782. The first kappa shape index (κ1) is 9.05. The standard InChI is InChI=1S/C8H13N3OS/c1-2-8(5-9-3-1)12-6-7-4-10-13-11-7/h4,8-9H,1-3,5-6H2.